The Morgan fingerprint density at radius 1 is 1.04 bits per heavy atom. The molecule has 136 valence electrons. The van der Waals surface area contributed by atoms with Crippen molar-refractivity contribution in [2.75, 3.05) is 36.0 Å². The highest BCUT2D eigenvalue weighted by molar-refractivity contribution is 5.87. The number of fused-ring (bicyclic) bond motifs is 1. The molecule has 0 amide bonds. The molecule has 0 aliphatic carbocycles. The first-order chi connectivity index (χ1) is 12.7. The average molecular weight is 352 g/mol. The lowest BCUT2D eigenvalue weighted by molar-refractivity contribution is 0.472. The van der Waals surface area contributed by atoms with Crippen LogP contribution in [0.3, 0.4) is 0 Å². The smallest absolute Gasteiger partial charge is 0.163 e. The van der Waals surface area contributed by atoms with E-state index >= 15 is 0 Å². The second-order valence-corrected chi connectivity index (χ2v) is 6.68. The fourth-order valence-corrected chi connectivity index (χ4v) is 3.52. The molecule has 0 saturated carbocycles. The van der Waals surface area contributed by atoms with E-state index in [0.717, 1.165) is 67.4 Å². The number of rotatable bonds is 4. The van der Waals surface area contributed by atoms with Crippen molar-refractivity contribution in [1.29, 1.82) is 0 Å². The van der Waals surface area contributed by atoms with Crippen LogP contribution in [0.4, 0.5) is 11.5 Å². The Hall–Kier alpha value is -2.83. The minimum atomic E-state index is 0.336. The quantitative estimate of drug-likeness (QED) is 0.777. The molecule has 1 fully saturated rings. The van der Waals surface area contributed by atoms with Crippen molar-refractivity contribution >= 4 is 22.5 Å². The number of phenolic OH excluding ortho intramolecular Hbond substituents is 1. The van der Waals surface area contributed by atoms with Gasteiger partial charge in [-0.3, -0.25) is 4.68 Å². The third-order valence-corrected chi connectivity index (χ3v) is 4.89. The van der Waals surface area contributed by atoms with Gasteiger partial charge in [-0.05, 0) is 18.6 Å². The Labute approximate surface area is 152 Å². The van der Waals surface area contributed by atoms with Crippen molar-refractivity contribution in [3.8, 4) is 5.75 Å². The molecule has 0 radical (unpaired) electrons. The summed E-state index contributed by atoms with van der Waals surface area (Å²) in [6.45, 7) is 5.52. The van der Waals surface area contributed by atoms with Crippen LogP contribution < -0.4 is 9.80 Å². The number of hydrogen-bond acceptors (Lipinski definition) is 6. The third-order valence-electron chi connectivity index (χ3n) is 4.89. The van der Waals surface area contributed by atoms with Crippen LogP contribution in [-0.4, -0.2) is 51.0 Å². The van der Waals surface area contributed by atoms with Crippen LogP contribution in [0, 0.1) is 0 Å². The Kier molecular flexibility index (Phi) is 4.36. The molecule has 0 spiro atoms. The fourth-order valence-electron chi connectivity index (χ4n) is 3.52. The molecule has 1 aliphatic rings. The molecule has 1 aromatic carbocycles. The van der Waals surface area contributed by atoms with Crippen LogP contribution in [0.15, 0.2) is 30.5 Å². The number of aryl methyl sites for hydroxylation is 2. The fraction of sp³-hybridized carbons (Fsp3) is 0.421. The highest BCUT2D eigenvalue weighted by Crippen LogP contribution is 2.29. The van der Waals surface area contributed by atoms with Gasteiger partial charge in [0.15, 0.2) is 5.65 Å². The van der Waals surface area contributed by atoms with Crippen LogP contribution >= 0.6 is 0 Å². The minimum absolute atomic E-state index is 0.336. The summed E-state index contributed by atoms with van der Waals surface area (Å²) in [5.41, 5.74) is 1.79. The highest BCUT2D eigenvalue weighted by atomic mass is 16.3. The van der Waals surface area contributed by atoms with Gasteiger partial charge in [0, 0.05) is 39.6 Å². The van der Waals surface area contributed by atoms with Crippen molar-refractivity contribution in [3.05, 3.63) is 36.3 Å². The zero-order chi connectivity index (χ0) is 18.1. The van der Waals surface area contributed by atoms with Crippen molar-refractivity contribution in [2.45, 2.75) is 19.8 Å². The van der Waals surface area contributed by atoms with E-state index in [1.807, 2.05) is 36.1 Å². The van der Waals surface area contributed by atoms with Gasteiger partial charge in [-0.25, -0.2) is 9.97 Å². The molecule has 0 unspecified atom stereocenters. The summed E-state index contributed by atoms with van der Waals surface area (Å²) >= 11 is 0. The lowest BCUT2D eigenvalue weighted by Gasteiger charge is -2.37. The molecule has 4 rings (SSSR count). The molecule has 26 heavy (non-hydrogen) atoms. The van der Waals surface area contributed by atoms with Crippen LogP contribution in [0.5, 0.6) is 5.75 Å². The predicted octanol–water partition coefficient (Wildman–Crippen LogP) is 2.35. The van der Waals surface area contributed by atoms with E-state index in [1.165, 1.54) is 0 Å². The summed E-state index contributed by atoms with van der Waals surface area (Å²) < 4.78 is 1.82. The maximum absolute atomic E-state index is 10.1. The number of benzene rings is 1. The molecule has 7 heteroatoms. The zero-order valence-corrected chi connectivity index (χ0v) is 15.3. The lowest BCUT2D eigenvalue weighted by Crippen LogP contribution is -2.47. The number of nitrogens with zero attached hydrogens (tertiary/aromatic N) is 6. The Bertz CT molecular complexity index is 914. The van der Waals surface area contributed by atoms with E-state index in [9.17, 15) is 5.11 Å². The van der Waals surface area contributed by atoms with E-state index in [0.29, 0.717) is 5.75 Å². The summed E-state index contributed by atoms with van der Waals surface area (Å²) in [7, 11) is 1.92. The van der Waals surface area contributed by atoms with Gasteiger partial charge in [-0.2, -0.15) is 5.10 Å². The SMILES string of the molecule is CCCc1nc(N2CCN(c3ccccc3O)CC2)c2cnn(C)c2n1. The minimum Gasteiger partial charge on any atom is -0.506 e. The number of aromatic hydroxyl groups is 1. The normalized spacial score (nSPS) is 15.0. The van der Waals surface area contributed by atoms with Crippen molar-refractivity contribution in [2.24, 2.45) is 7.05 Å². The summed E-state index contributed by atoms with van der Waals surface area (Å²) in [4.78, 5) is 14.0. The standard InChI is InChI=1S/C19H24N6O/c1-3-6-17-21-18-14(13-20-23(18)2)19(22-17)25-11-9-24(10-12-25)15-7-4-5-8-16(15)26/h4-5,7-8,13,26H,3,6,9-12H2,1-2H3. The molecule has 3 aromatic rings. The summed E-state index contributed by atoms with van der Waals surface area (Å²) in [6.07, 6.45) is 3.74. The number of anilines is 2. The Morgan fingerprint density at radius 2 is 1.77 bits per heavy atom. The maximum Gasteiger partial charge on any atom is 0.163 e. The molecule has 2 aromatic heterocycles. The lowest BCUT2D eigenvalue weighted by atomic mass is 10.2. The van der Waals surface area contributed by atoms with E-state index in [4.69, 9.17) is 4.98 Å². The zero-order valence-electron chi connectivity index (χ0n) is 15.3. The first kappa shape index (κ1) is 16.6. The van der Waals surface area contributed by atoms with Gasteiger partial charge in [0.25, 0.3) is 0 Å². The van der Waals surface area contributed by atoms with E-state index in [-0.39, 0.29) is 0 Å². The largest absolute Gasteiger partial charge is 0.506 e. The van der Waals surface area contributed by atoms with Gasteiger partial charge in [0.05, 0.1) is 17.3 Å². The van der Waals surface area contributed by atoms with Crippen molar-refractivity contribution in [3.63, 3.8) is 0 Å². The van der Waals surface area contributed by atoms with Crippen LogP contribution in [0.1, 0.15) is 19.2 Å². The van der Waals surface area contributed by atoms with Crippen LogP contribution in [0.25, 0.3) is 11.0 Å². The Balaban J connectivity index is 1.60. The number of hydrogen-bond donors (Lipinski definition) is 1. The first-order valence-corrected chi connectivity index (χ1v) is 9.14. The average Bonchev–Trinajstić information content (AvgIpc) is 3.03. The second kappa shape index (κ2) is 6.82. The van der Waals surface area contributed by atoms with Gasteiger partial charge in [0.1, 0.15) is 17.4 Å². The second-order valence-electron chi connectivity index (χ2n) is 6.68. The number of aromatic nitrogens is 4. The number of piperazine rings is 1. The van der Waals surface area contributed by atoms with E-state index in [1.54, 1.807) is 6.07 Å². The summed E-state index contributed by atoms with van der Waals surface area (Å²) in [5.74, 6) is 2.19. The molecule has 1 N–H and O–H groups in total. The van der Waals surface area contributed by atoms with E-state index in [2.05, 4.69) is 26.8 Å². The predicted molar refractivity (Wildman–Crippen MR) is 103 cm³/mol. The number of para-hydroxylation sites is 2. The molecule has 3 heterocycles. The van der Waals surface area contributed by atoms with E-state index < -0.39 is 0 Å². The molecule has 1 aliphatic heterocycles. The summed E-state index contributed by atoms with van der Waals surface area (Å²) in [5, 5.41) is 15.5. The molecular weight excluding hydrogens is 328 g/mol. The number of phenols is 1. The van der Waals surface area contributed by atoms with Gasteiger partial charge >= 0.3 is 0 Å². The van der Waals surface area contributed by atoms with Crippen molar-refractivity contribution in [1.82, 2.24) is 19.7 Å². The van der Waals surface area contributed by atoms with Gasteiger partial charge in [0.2, 0.25) is 0 Å². The van der Waals surface area contributed by atoms with Gasteiger partial charge in [-0.1, -0.05) is 19.1 Å². The molecule has 0 bridgehead atoms. The molecular formula is C19H24N6O. The maximum atomic E-state index is 10.1. The summed E-state index contributed by atoms with van der Waals surface area (Å²) in [6, 6.07) is 7.52. The topological polar surface area (TPSA) is 70.3 Å². The van der Waals surface area contributed by atoms with Crippen LogP contribution in [0.2, 0.25) is 0 Å². The van der Waals surface area contributed by atoms with Gasteiger partial charge in [-0.15, -0.1) is 0 Å². The van der Waals surface area contributed by atoms with Gasteiger partial charge < -0.3 is 14.9 Å². The monoisotopic (exact) mass is 352 g/mol. The molecule has 7 nitrogen and oxygen atoms in total. The van der Waals surface area contributed by atoms with Crippen LogP contribution in [-0.2, 0) is 13.5 Å². The van der Waals surface area contributed by atoms with Crippen molar-refractivity contribution < 1.29 is 5.11 Å². The highest BCUT2D eigenvalue weighted by Gasteiger charge is 2.23. The third kappa shape index (κ3) is 2.94. The first-order valence-electron chi connectivity index (χ1n) is 9.14. The molecule has 1 saturated heterocycles. The Morgan fingerprint density at radius 3 is 2.50 bits per heavy atom. The molecule has 0 atom stereocenters.